The maximum absolute atomic E-state index is 12.8. The Labute approximate surface area is 195 Å². The van der Waals surface area contributed by atoms with Crippen LogP contribution in [0.3, 0.4) is 0 Å². The number of furan rings is 1. The molecule has 1 amide bonds. The van der Waals surface area contributed by atoms with Crippen LogP contribution in [0.25, 0.3) is 6.08 Å². The molecular formula is C24H24BrNO6. The van der Waals surface area contributed by atoms with Crippen LogP contribution < -0.4 is 24.3 Å². The van der Waals surface area contributed by atoms with Gasteiger partial charge in [0.15, 0.2) is 23.0 Å². The predicted molar refractivity (Wildman–Crippen MR) is 125 cm³/mol. The Kier molecular flexibility index (Phi) is 7.83. The molecule has 7 nitrogen and oxygen atoms in total. The fourth-order valence-electron chi connectivity index (χ4n) is 3.20. The summed E-state index contributed by atoms with van der Waals surface area (Å²) in [5, 5.41) is 3.04. The third-order valence-electron chi connectivity index (χ3n) is 4.78. The van der Waals surface area contributed by atoms with Gasteiger partial charge in [0.25, 0.3) is 0 Å². The molecule has 0 saturated carbocycles. The summed E-state index contributed by atoms with van der Waals surface area (Å²) in [5.41, 5.74) is 1.56. The SMILES string of the molecule is COc1ccc(C(NC(=O)/C=C\c2ccco2)c2cc(OC)c(OC)cc2Br)cc1OC. The van der Waals surface area contributed by atoms with Gasteiger partial charge in [-0.3, -0.25) is 4.79 Å². The summed E-state index contributed by atoms with van der Waals surface area (Å²) >= 11 is 3.60. The first-order valence-electron chi connectivity index (χ1n) is 9.66. The van der Waals surface area contributed by atoms with E-state index in [0.717, 1.165) is 15.6 Å². The Bertz CT molecular complexity index is 1090. The maximum Gasteiger partial charge on any atom is 0.244 e. The van der Waals surface area contributed by atoms with Gasteiger partial charge in [0.05, 0.1) is 40.7 Å². The van der Waals surface area contributed by atoms with Crippen molar-refractivity contribution in [2.45, 2.75) is 6.04 Å². The van der Waals surface area contributed by atoms with Gasteiger partial charge in [-0.15, -0.1) is 0 Å². The molecule has 0 aliphatic heterocycles. The lowest BCUT2D eigenvalue weighted by Gasteiger charge is -2.23. The first-order valence-corrected chi connectivity index (χ1v) is 10.5. The minimum absolute atomic E-state index is 0.303. The molecule has 1 aromatic heterocycles. The van der Waals surface area contributed by atoms with E-state index >= 15 is 0 Å². The molecule has 0 saturated heterocycles. The molecule has 0 spiro atoms. The van der Waals surface area contributed by atoms with E-state index in [-0.39, 0.29) is 5.91 Å². The predicted octanol–water partition coefficient (Wildman–Crippen LogP) is 5.00. The van der Waals surface area contributed by atoms with Crippen LogP contribution in [-0.2, 0) is 4.79 Å². The summed E-state index contributed by atoms with van der Waals surface area (Å²) in [4.78, 5) is 12.8. The van der Waals surface area contributed by atoms with Gasteiger partial charge in [0.2, 0.25) is 5.91 Å². The minimum Gasteiger partial charge on any atom is -0.493 e. The fourth-order valence-corrected chi connectivity index (χ4v) is 3.75. The molecule has 0 aliphatic carbocycles. The number of amides is 1. The number of carbonyl (C=O) groups is 1. The van der Waals surface area contributed by atoms with Crippen LogP contribution >= 0.6 is 15.9 Å². The summed E-state index contributed by atoms with van der Waals surface area (Å²) in [6, 6.07) is 12.1. The topological polar surface area (TPSA) is 79.2 Å². The Hall–Kier alpha value is -3.39. The Morgan fingerprint density at radius 1 is 0.938 bits per heavy atom. The molecule has 0 fully saturated rings. The Morgan fingerprint density at radius 2 is 1.59 bits per heavy atom. The van der Waals surface area contributed by atoms with Crippen LogP contribution in [0.4, 0.5) is 0 Å². The van der Waals surface area contributed by atoms with Crippen molar-refractivity contribution in [3.8, 4) is 23.0 Å². The van der Waals surface area contributed by atoms with E-state index < -0.39 is 6.04 Å². The highest BCUT2D eigenvalue weighted by Gasteiger charge is 2.23. The molecule has 2 aromatic carbocycles. The van der Waals surface area contributed by atoms with Crippen molar-refractivity contribution >= 4 is 27.9 Å². The number of hydrogen-bond acceptors (Lipinski definition) is 6. The van der Waals surface area contributed by atoms with E-state index in [0.29, 0.717) is 28.8 Å². The molecule has 32 heavy (non-hydrogen) atoms. The second-order valence-electron chi connectivity index (χ2n) is 6.63. The van der Waals surface area contributed by atoms with Crippen LogP contribution in [0.1, 0.15) is 22.9 Å². The van der Waals surface area contributed by atoms with Crippen LogP contribution in [0.5, 0.6) is 23.0 Å². The molecule has 1 atom stereocenters. The van der Waals surface area contributed by atoms with Crippen molar-refractivity contribution in [2.75, 3.05) is 28.4 Å². The standard InChI is InChI=1S/C24H24BrNO6/c1-28-19-9-7-15(12-20(19)29-2)24(26-23(27)10-8-16-6-5-11-32-16)17-13-21(30-3)22(31-4)14-18(17)25/h5-14,24H,1-4H3,(H,26,27)/b10-8-. The average Bonchev–Trinajstić information content (AvgIpc) is 3.34. The Morgan fingerprint density at radius 3 is 2.22 bits per heavy atom. The quantitative estimate of drug-likeness (QED) is 0.415. The van der Waals surface area contributed by atoms with E-state index in [1.54, 1.807) is 65.0 Å². The van der Waals surface area contributed by atoms with E-state index in [9.17, 15) is 4.79 Å². The number of halogens is 1. The van der Waals surface area contributed by atoms with E-state index in [1.165, 1.54) is 6.08 Å². The number of nitrogens with one attached hydrogen (secondary N) is 1. The lowest BCUT2D eigenvalue weighted by Crippen LogP contribution is -2.28. The third-order valence-corrected chi connectivity index (χ3v) is 5.47. The van der Waals surface area contributed by atoms with Crippen LogP contribution in [0.2, 0.25) is 0 Å². The van der Waals surface area contributed by atoms with E-state index in [1.807, 2.05) is 18.2 Å². The minimum atomic E-state index is -0.530. The highest BCUT2D eigenvalue weighted by Crippen LogP contribution is 2.39. The summed E-state index contributed by atoms with van der Waals surface area (Å²) in [6.45, 7) is 0. The van der Waals surface area contributed by atoms with Crippen molar-refractivity contribution in [3.05, 3.63) is 76.2 Å². The summed E-state index contributed by atoms with van der Waals surface area (Å²) < 4.78 is 27.7. The van der Waals surface area contributed by atoms with Crippen molar-refractivity contribution in [2.24, 2.45) is 0 Å². The summed E-state index contributed by atoms with van der Waals surface area (Å²) in [6.07, 6.45) is 4.57. The molecule has 1 N–H and O–H groups in total. The van der Waals surface area contributed by atoms with E-state index in [4.69, 9.17) is 23.4 Å². The molecule has 0 bridgehead atoms. The molecule has 1 heterocycles. The van der Waals surface area contributed by atoms with Crippen LogP contribution in [-0.4, -0.2) is 34.3 Å². The molecule has 1 unspecified atom stereocenters. The lowest BCUT2D eigenvalue weighted by molar-refractivity contribution is -0.116. The maximum atomic E-state index is 12.8. The molecule has 3 rings (SSSR count). The number of ether oxygens (including phenoxy) is 4. The molecule has 3 aromatic rings. The van der Waals surface area contributed by atoms with E-state index in [2.05, 4.69) is 21.2 Å². The zero-order valence-corrected chi connectivity index (χ0v) is 19.8. The number of benzene rings is 2. The highest BCUT2D eigenvalue weighted by atomic mass is 79.9. The lowest BCUT2D eigenvalue weighted by atomic mass is 9.97. The normalized spacial score (nSPS) is 11.8. The molecule has 8 heteroatoms. The summed E-state index contributed by atoms with van der Waals surface area (Å²) in [7, 11) is 6.26. The first kappa shape index (κ1) is 23.3. The monoisotopic (exact) mass is 501 g/mol. The van der Waals surface area contributed by atoms with Crippen LogP contribution in [0.15, 0.2) is 63.7 Å². The average molecular weight is 502 g/mol. The van der Waals surface area contributed by atoms with Gasteiger partial charge in [-0.25, -0.2) is 0 Å². The largest absolute Gasteiger partial charge is 0.493 e. The van der Waals surface area contributed by atoms with Crippen molar-refractivity contribution in [1.82, 2.24) is 5.32 Å². The second kappa shape index (κ2) is 10.8. The number of hydrogen-bond donors (Lipinski definition) is 1. The van der Waals surface area contributed by atoms with Crippen molar-refractivity contribution in [1.29, 1.82) is 0 Å². The smallest absolute Gasteiger partial charge is 0.244 e. The van der Waals surface area contributed by atoms with Crippen molar-refractivity contribution in [3.63, 3.8) is 0 Å². The first-order chi connectivity index (χ1) is 15.5. The Balaban J connectivity index is 2.04. The van der Waals surface area contributed by atoms with Gasteiger partial charge < -0.3 is 28.7 Å². The second-order valence-corrected chi connectivity index (χ2v) is 7.49. The fraction of sp³-hybridized carbons (Fsp3) is 0.208. The van der Waals surface area contributed by atoms with Gasteiger partial charge in [0.1, 0.15) is 5.76 Å². The van der Waals surface area contributed by atoms with Gasteiger partial charge in [-0.1, -0.05) is 22.0 Å². The molecular weight excluding hydrogens is 478 g/mol. The molecule has 168 valence electrons. The molecule has 0 aliphatic rings. The molecule has 0 radical (unpaired) electrons. The number of methoxy groups -OCH3 is 4. The third kappa shape index (κ3) is 5.26. The highest BCUT2D eigenvalue weighted by molar-refractivity contribution is 9.10. The van der Waals surface area contributed by atoms with Gasteiger partial charge in [0, 0.05) is 10.5 Å². The van der Waals surface area contributed by atoms with Gasteiger partial charge >= 0.3 is 0 Å². The van der Waals surface area contributed by atoms with Gasteiger partial charge in [-0.2, -0.15) is 0 Å². The summed E-state index contributed by atoms with van der Waals surface area (Å²) in [5.74, 6) is 2.52. The van der Waals surface area contributed by atoms with Crippen LogP contribution in [0, 0.1) is 0 Å². The van der Waals surface area contributed by atoms with Crippen molar-refractivity contribution < 1.29 is 28.2 Å². The zero-order valence-electron chi connectivity index (χ0n) is 18.2. The zero-order chi connectivity index (χ0) is 23.1. The number of rotatable bonds is 9. The van der Waals surface area contributed by atoms with Gasteiger partial charge in [-0.05, 0) is 53.6 Å². The number of carbonyl (C=O) groups excluding carboxylic acids is 1.